The summed E-state index contributed by atoms with van der Waals surface area (Å²) in [6, 6.07) is 6.53. The van der Waals surface area contributed by atoms with Crippen LogP contribution in [-0.4, -0.2) is 70.7 Å². The smallest absolute Gasteiger partial charge is 0.295 e. The van der Waals surface area contributed by atoms with Gasteiger partial charge in [-0.3, -0.25) is 14.3 Å². The van der Waals surface area contributed by atoms with Crippen molar-refractivity contribution in [1.29, 1.82) is 0 Å². The Morgan fingerprint density at radius 2 is 1.90 bits per heavy atom. The van der Waals surface area contributed by atoms with Crippen LogP contribution >= 0.6 is 0 Å². The van der Waals surface area contributed by atoms with Gasteiger partial charge in [-0.05, 0) is 47.0 Å². The summed E-state index contributed by atoms with van der Waals surface area (Å²) in [5.74, 6) is -0.957. The average molecular weight is 427 g/mol. The Hall–Kier alpha value is -3.13. The number of para-hydroxylation sites is 1. The number of hydrogen-bond donors (Lipinski definition) is 1. The van der Waals surface area contributed by atoms with Crippen molar-refractivity contribution in [3.63, 3.8) is 0 Å². The molecule has 0 aliphatic carbocycles. The summed E-state index contributed by atoms with van der Waals surface area (Å²) < 4.78 is 7.17. The van der Waals surface area contributed by atoms with Gasteiger partial charge in [-0.1, -0.05) is 18.2 Å². The van der Waals surface area contributed by atoms with E-state index in [4.69, 9.17) is 4.74 Å². The number of carbonyl (C=O) groups excluding carboxylic acids is 2. The average Bonchev–Trinajstić information content (AvgIpc) is 3.13. The summed E-state index contributed by atoms with van der Waals surface area (Å²) in [5.41, 5.74) is 2.52. The fourth-order valence-corrected chi connectivity index (χ4v) is 4.13. The van der Waals surface area contributed by atoms with Gasteiger partial charge in [0, 0.05) is 24.8 Å². The van der Waals surface area contributed by atoms with Crippen LogP contribution in [0, 0.1) is 13.8 Å². The van der Waals surface area contributed by atoms with Crippen LogP contribution in [-0.2, 0) is 16.6 Å². The SMILES string of the molecule is COc1ccccc1[C@H]1/C(=C(\O)c2c(C)nn(C)c2C)C(=O)C(=O)N1CCCN(C)C. The quantitative estimate of drug-likeness (QED) is 0.416. The molecule has 8 heteroatoms. The number of Topliss-reactive ketones (excluding diaryl/α,β-unsaturated/α-hetero) is 1. The number of nitrogens with zero attached hydrogens (tertiary/aromatic N) is 4. The predicted octanol–water partition coefficient (Wildman–Crippen LogP) is 2.42. The first-order valence-corrected chi connectivity index (χ1v) is 10.3. The van der Waals surface area contributed by atoms with Crippen LogP contribution < -0.4 is 4.74 Å². The number of aliphatic hydroxyl groups is 1. The van der Waals surface area contributed by atoms with Gasteiger partial charge in [0.15, 0.2) is 0 Å². The Kier molecular flexibility index (Phi) is 6.50. The molecule has 1 saturated heterocycles. The molecule has 1 aliphatic rings. The van der Waals surface area contributed by atoms with Crippen LogP contribution in [0.2, 0.25) is 0 Å². The molecule has 3 rings (SSSR count). The fourth-order valence-electron chi connectivity index (χ4n) is 4.13. The summed E-state index contributed by atoms with van der Waals surface area (Å²) >= 11 is 0. The molecule has 8 nitrogen and oxygen atoms in total. The van der Waals surface area contributed by atoms with Gasteiger partial charge in [0.1, 0.15) is 11.5 Å². The van der Waals surface area contributed by atoms with Crippen LogP contribution in [0.15, 0.2) is 29.8 Å². The molecule has 0 spiro atoms. The van der Waals surface area contributed by atoms with Gasteiger partial charge in [0.2, 0.25) is 0 Å². The van der Waals surface area contributed by atoms with Crippen LogP contribution in [0.3, 0.4) is 0 Å². The first-order valence-electron chi connectivity index (χ1n) is 10.3. The number of ether oxygens (including phenoxy) is 1. The first-order chi connectivity index (χ1) is 14.7. The minimum atomic E-state index is -0.739. The molecule has 31 heavy (non-hydrogen) atoms. The number of aliphatic hydroxyl groups excluding tert-OH is 1. The Bertz CT molecular complexity index is 1040. The molecule has 0 unspecified atom stereocenters. The molecule has 1 aromatic heterocycles. The molecule has 1 fully saturated rings. The highest BCUT2D eigenvalue weighted by molar-refractivity contribution is 6.46. The highest BCUT2D eigenvalue weighted by Gasteiger charge is 2.47. The number of aryl methyl sites for hydroxylation is 2. The third-order valence-electron chi connectivity index (χ3n) is 5.72. The van der Waals surface area contributed by atoms with E-state index in [2.05, 4.69) is 5.10 Å². The molecule has 2 heterocycles. The molecule has 2 aromatic rings. The van der Waals surface area contributed by atoms with Crippen LogP contribution in [0.5, 0.6) is 5.75 Å². The zero-order chi connectivity index (χ0) is 22.9. The number of amides is 1. The predicted molar refractivity (Wildman–Crippen MR) is 118 cm³/mol. The van der Waals surface area contributed by atoms with Crippen LogP contribution in [0.25, 0.3) is 5.76 Å². The maximum absolute atomic E-state index is 13.2. The summed E-state index contributed by atoms with van der Waals surface area (Å²) in [6.07, 6.45) is 0.691. The standard InChI is InChI=1S/C23H30N4O4/c1-14-18(15(2)26(5)24-14)21(28)19-20(16-10-7-8-11-17(16)31-6)27(23(30)22(19)29)13-9-12-25(3)4/h7-8,10-11,20,28H,9,12-13H2,1-6H3/b21-19+/t20-/m0/s1. The number of carbonyl (C=O) groups is 2. The number of hydrogen-bond acceptors (Lipinski definition) is 6. The van der Waals surface area contributed by atoms with Gasteiger partial charge in [-0.15, -0.1) is 0 Å². The molecule has 166 valence electrons. The highest BCUT2D eigenvalue weighted by atomic mass is 16.5. The lowest BCUT2D eigenvalue weighted by molar-refractivity contribution is -0.140. The van der Waals surface area contributed by atoms with E-state index < -0.39 is 17.7 Å². The topological polar surface area (TPSA) is 87.9 Å². The van der Waals surface area contributed by atoms with Gasteiger partial charge in [-0.2, -0.15) is 5.10 Å². The minimum absolute atomic E-state index is 0.0681. The van der Waals surface area contributed by atoms with Crippen molar-refractivity contribution in [3.05, 3.63) is 52.4 Å². The van der Waals surface area contributed by atoms with Crippen molar-refractivity contribution >= 4 is 17.4 Å². The maximum Gasteiger partial charge on any atom is 0.295 e. The van der Waals surface area contributed by atoms with Crippen molar-refractivity contribution in [1.82, 2.24) is 19.6 Å². The Balaban J connectivity index is 2.20. The van der Waals surface area contributed by atoms with Gasteiger partial charge in [0.05, 0.1) is 30.0 Å². The van der Waals surface area contributed by atoms with E-state index in [-0.39, 0.29) is 11.3 Å². The number of benzene rings is 1. The van der Waals surface area contributed by atoms with Gasteiger partial charge in [0.25, 0.3) is 11.7 Å². The van der Waals surface area contributed by atoms with E-state index in [0.29, 0.717) is 41.2 Å². The van der Waals surface area contributed by atoms with Gasteiger partial charge in [-0.25, -0.2) is 0 Å². The first kappa shape index (κ1) is 22.6. The lowest BCUT2D eigenvalue weighted by Gasteiger charge is -2.27. The Labute approximate surface area is 182 Å². The summed E-state index contributed by atoms with van der Waals surface area (Å²) in [4.78, 5) is 29.8. The van der Waals surface area contributed by atoms with Gasteiger partial charge < -0.3 is 19.6 Å². The maximum atomic E-state index is 13.2. The molecular weight excluding hydrogens is 396 g/mol. The van der Waals surface area contributed by atoms with Crippen molar-refractivity contribution in [2.75, 3.05) is 34.3 Å². The van der Waals surface area contributed by atoms with Crippen molar-refractivity contribution in [2.45, 2.75) is 26.3 Å². The van der Waals surface area contributed by atoms with Crippen molar-refractivity contribution in [2.24, 2.45) is 7.05 Å². The molecule has 0 radical (unpaired) electrons. The second-order valence-corrected chi connectivity index (χ2v) is 8.06. The normalized spacial score (nSPS) is 18.3. The summed E-state index contributed by atoms with van der Waals surface area (Å²) in [7, 11) is 7.24. The number of aromatic nitrogens is 2. The van der Waals surface area contributed by atoms with Gasteiger partial charge >= 0.3 is 0 Å². The van der Waals surface area contributed by atoms with Crippen LogP contribution in [0.1, 0.15) is 35.0 Å². The van der Waals surface area contributed by atoms with E-state index in [0.717, 1.165) is 6.54 Å². The lowest BCUT2D eigenvalue weighted by Crippen LogP contribution is -2.32. The van der Waals surface area contributed by atoms with E-state index in [1.807, 2.05) is 44.1 Å². The molecule has 1 amide bonds. The second kappa shape index (κ2) is 8.93. The van der Waals surface area contributed by atoms with E-state index in [1.54, 1.807) is 31.8 Å². The van der Waals surface area contributed by atoms with Crippen molar-refractivity contribution in [3.8, 4) is 5.75 Å². The monoisotopic (exact) mass is 426 g/mol. The molecule has 1 atom stereocenters. The second-order valence-electron chi connectivity index (χ2n) is 8.06. The molecule has 0 saturated carbocycles. The molecule has 1 N–H and O–H groups in total. The Morgan fingerprint density at radius 1 is 1.23 bits per heavy atom. The fraction of sp³-hybridized carbons (Fsp3) is 0.435. The third kappa shape index (κ3) is 4.07. The summed E-state index contributed by atoms with van der Waals surface area (Å²) in [5, 5.41) is 15.6. The zero-order valence-corrected chi connectivity index (χ0v) is 19.0. The number of methoxy groups -OCH3 is 1. The van der Waals surface area contributed by atoms with E-state index in [1.165, 1.54) is 4.90 Å². The largest absolute Gasteiger partial charge is 0.507 e. The Morgan fingerprint density at radius 3 is 2.48 bits per heavy atom. The highest BCUT2D eigenvalue weighted by Crippen LogP contribution is 2.43. The molecular formula is C23H30N4O4. The zero-order valence-electron chi connectivity index (χ0n) is 19.0. The van der Waals surface area contributed by atoms with Crippen LogP contribution in [0.4, 0.5) is 0 Å². The molecule has 0 bridgehead atoms. The third-order valence-corrected chi connectivity index (χ3v) is 5.72. The number of likely N-dealkylation sites (tertiary alicyclic amines) is 1. The van der Waals surface area contributed by atoms with E-state index >= 15 is 0 Å². The minimum Gasteiger partial charge on any atom is -0.507 e. The number of rotatable bonds is 7. The molecule has 1 aromatic carbocycles. The van der Waals surface area contributed by atoms with Crippen molar-refractivity contribution < 1.29 is 19.4 Å². The lowest BCUT2D eigenvalue weighted by atomic mass is 9.94. The van der Waals surface area contributed by atoms with E-state index in [9.17, 15) is 14.7 Å². The number of ketones is 1. The summed E-state index contributed by atoms with van der Waals surface area (Å²) in [6.45, 7) is 4.74. The molecule has 1 aliphatic heterocycles.